The van der Waals surface area contributed by atoms with E-state index in [0.29, 0.717) is 12.0 Å². The molecule has 0 amide bonds. The number of rotatable bonds is 5. The lowest BCUT2D eigenvalue weighted by Gasteiger charge is -1.95. The molecule has 0 atom stereocenters. The lowest BCUT2D eigenvalue weighted by atomic mass is 10.1. The highest BCUT2D eigenvalue weighted by atomic mass is 16.1. The van der Waals surface area contributed by atoms with Crippen LogP contribution in [0.3, 0.4) is 0 Å². The molecule has 60 valence electrons. The van der Waals surface area contributed by atoms with Gasteiger partial charge in [-0.1, -0.05) is 19.2 Å². The van der Waals surface area contributed by atoms with Gasteiger partial charge in [-0.3, -0.25) is 4.79 Å². The van der Waals surface area contributed by atoms with Crippen molar-refractivity contribution in [2.75, 3.05) is 0 Å². The predicted octanol–water partition coefficient (Wildman–Crippen LogP) is 1.67. The summed E-state index contributed by atoms with van der Waals surface area (Å²) in [5.74, 6) is -0.0783. The van der Waals surface area contributed by atoms with Gasteiger partial charge in [0.15, 0.2) is 5.78 Å². The van der Waals surface area contributed by atoms with E-state index < -0.39 is 0 Å². The van der Waals surface area contributed by atoms with Crippen LogP contribution in [0.4, 0.5) is 0 Å². The summed E-state index contributed by atoms with van der Waals surface area (Å²) >= 11 is 0. The molecule has 0 aromatic carbocycles. The number of hydrogen-bond donors (Lipinski definition) is 0. The third kappa shape index (κ3) is 4.25. The zero-order valence-electron chi connectivity index (χ0n) is 6.72. The topological polar surface area (TPSA) is 34.1 Å². The Bertz CT molecular complexity index is 202. The van der Waals surface area contributed by atoms with Crippen LogP contribution in [0.2, 0.25) is 0 Å². The molecule has 0 spiro atoms. The number of carbonyl (C=O) groups excluding carboxylic acids is 2. The number of hydrogen-bond acceptors (Lipinski definition) is 2. The molecule has 0 aromatic heterocycles. The van der Waals surface area contributed by atoms with Gasteiger partial charge in [-0.15, -0.1) is 0 Å². The summed E-state index contributed by atoms with van der Waals surface area (Å²) < 4.78 is 0. The van der Waals surface area contributed by atoms with Gasteiger partial charge in [0.1, 0.15) is 5.78 Å². The molecule has 0 aliphatic heterocycles. The molecule has 0 fully saturated rings. The molecule has 0 saturated carbocycles. The maximum atomic E-state index is 11.0. The molecule has 0 aliphatic rings. The van der Waals surface area contributed by atoms with Crippen molar-refractivity contribution >= 4 is 11.6 Å². The van der Waals surface area contributed by atoms with Crippen LogP contribution in [0.15, 0.2) is 24.8 Å². The third-order valence-electron chi connectivity index (χ3n) is 1.31. The second-order valence-electron chi connectivity index (χ2n) is 2.35. The normalized spacial score (nSPS) is 8.82. The first kappa shape index (κ1) is 9.82. The summed E-state index contributed by atoms with van der Waals surface area (Å²) in [5, 5.41) is 0. The lowest BCUT2D eigenvalue weighted by molar-refractivity contribution is -0.121. The number of ketones is 2. The highest BCUT2D eigenvalue weighted by molar-refractivity contribution is 5.98. The minimum absolute atomic E-state index is 0.0233. The van der Waals surface area contributed by atoms with Crippen LogP contribution in [0.5, 0.6) is 0 Å². The summed E-state index contributed by atoms with van der Waals surface area (Å²) in [6.07, 6.45) is 1.95. The second-order valence-corrected chi connectivity index (χ2v) is 2.35. The quantitative estimate of drug-likeness (QED) is 0.443. The standard InChI is InChI=1S/C9H12O2/c1-4-7(2)9(11)6-5-8(3)10/h4H,1-2,5-6H2,3H3. The Morgan fingerprint density at radius 1 is 1.36 bits per heavy atom. The van der Waals surface area contributed by atoms with E-state index in [2.05, 4.69) is 13.2 Å². The molecule has 2 nitrogen and oxygen atoms in total. The Morgan fingerprint density at radius 3 is 2.27 bits per heavy atom. The fraction of sp³-hybridized carbons (Fsp3) is 0.333. The minimum atomic E-state index is -0.102. The smallest absolute Gasteiger partial charge is 0.162 e. The maximum absolute atomic E-state index is 11.0. The SMILES string of the molecule is C=CC(=C)C(=O)CCC(C)=O. The average Bonchev–Trinajstić information content (AvgIpc) is 1.98. The van der Waals surface area contributed by atoms with Crippen LogP contribution >= 0.6 is 0 Å². The van der Waals surface area contributed by atoms with Crippen molar-refractivity contribution in [3.8, 4) is 0 Å². The van der Waals surface area contributed by atoms with Crippen molar-refractivity contribution < 1.29 is 9.59 Å². The first-order chi connectivity index (χ1) is 5.07. The van der Waals surface area contributed by atoms with E-state index >= 15 is 0 Å². The zero-order chi connectivity index (χ0) is 8.85. The zero-order valence-corrected chi connectivity index (χ0v) is 6.72. The second kappa shape index (κ2) is 4.61. The molecular formula is C9H12O2. The molecule has 0 aromatic rings. The molecule has 0 unspecified atom stereocenters. The van der Waals surface area contributed by atoms with Gasteiger partial charge in [0.25, 0.3) is 0 Å². The van der Waals surface area contributed by atoms with Crippen LogP contribution in [-0.4, -0.2) is 11.6 Å². The molecule has 0 rings (SSSR count). The van der Waals surface area contributed by atoms with Gasteiger partial charge >= 0.3 is 0 Å². The number of Topliss-reactive ketones (excluding diaryl/α,β-unsaturated/α-hetero) is 2. The Balaban J connectivity index is 3.79. The summed E-state index contributed by atoms with van der Waals surface area (Å²) in [6.45, 7) is 8.34. The van der Waals surface area contributed by atoms with Gasteiger partial charge in [-0.25, -0.2) is 0 Å². The van der Waals surface area contributed by atoms with E-state index in [1.54, 1.807) is 0 Å². The Kier molecular flexibility index (Phi) is 4.11. The van der Waals surface area contributed by atoms with Gasteiger partial charge < -0.3 is 4.79 Å². The largest absolute Gasteiger partial charge is 0.300 e. The number of carbonyl (C=O) groups is 2. The molecule has 11 heavy (non-hydrogen) atoms. The van der Waals surface area contributed by atoms with Gasteiger partial charge in [-0.05, 0) is 6.92 Å². The Labute approximate surface area is 66.6 Å². The molecule has 0 aliphatic carbocycles. The minimum Gasteiger partial charge on any atom is -0.300 e. The van der Waals surface area contributed by atoms with Crippen LogP contribution in [0.25, 0.3) is 0 Å². The van der Waals surface area contributed by atoms with Crippen molar-refractivity contribution in [3.63, 3.8) is 0 Å². The Hall–Kier alpha value is -1.18. The molecule has 0 bridgehead atoms. The van der Waals surface area contributed by atoms with Crippen molar-refractivity contribution in [2.45, 2.75) is 19.8 Å². The molecule has 0 heterocycles. The van der Waals surface area contributed by atoms with Crippen LogP contribution in [-0.2, 0) is 9.59 Å². The molecular weight excluding hydrogens is 140 g/mol. The molecule has 0 saturated heterocycles. The molecule has 0 radical (unpaired) electrons. The van der Waals surface area contributed by atoms with E-state index in [9.17, 15) is 9.59 Å². The fourth-order valence-electron chi connectivity index (χ4n) is 0.564. The highest BCUT2D eigenvalue weighted by Gasteiger charge is 2.04. The first-order valence-electron chi connectivity index (χ1n) is 3.42. The lowest BCUT2D eigenvalue weighted by Crippen LogP contribution is -2.01. The summed E-state index contributed by atoms with van der Waals surface area (Å²) in [7, 11) is 0. The molecule has 2 heteroatoms. The van der Waals surface area contributed by atoms with Crippen LogP contribution in [0.1, 0.15) is 19.8 Å². The molecule has 0 N–H and O–H groups in total. The monoisotopic (exact) mass is 152 g/mol. The number of allylic oxidation sites excluding steroid dienone is 2. The van der Waals surface area contributed by atoms with E-state index in [1.807, 2.05) is 0 Å². The summed E-state index contributed by atoms with van der Waals surface area (Å²) in [4.78, 5) is 21.4. The fourth-order valence-corrected chi connectivity index (χ4v) is 0.564. The highest BCUT2D eigenvalue weighted by Crippen LogP contribution is 2.01. The third-order valence-corrected chi connectivity index (χ3v) is 1.31. The average molecular weight is 152 g/mol. The van der Waals surface area contributed by atoms with E-state index in [-0.39, 0.29) is 18.0 Å². The maximum Gasteiger partial charge on any atom is 0.162 e. The van der Waals surface area contributed by atoms with E-state index in [0.717, 1.165) is 0 Å². The predicted molar refractivity (Wildman–Crippen MR) is 44.3 cm³/mol. The van der Waals surface area contributed by atoms with Gasteiger partial charge in [-0.2, -0.15) is 0 Å². The summed E-state index contributed by atoms with van der Waals surface area (Å²) in [6, 6.07) is 0. The van der Waals surface area contributed by atoms with Crippen molar-refractivity contribution in [1.82, 2.24) is 0 Å². The van der Waals surface area contributed by atoms with E-state index in [4.69, 9.17) is 0 Å². The van der Waals surface area contributed by atoms with Crippen molar-refractivity contribution in [1.29, 1.82) is 0 Å². The first-order valence-corrected chi connectivity index (χ1v) is 3.42. The van der Waals surface area contributed by atoms with Gasteiger partial charge in [0.05, 0.1) is 0 Å². The van der Waals surface area contributed by atoms with Crippen LogP contribution < -0.4 is 0 Å². The van der Waals surface area contributed by atoms with Gasteiger partial charge in [0, 0.05) is 18.4 Å². The van der Waals surface area contributed by atoms with E-state index in [1.165, 1.54) is 13.0 Å². The Morgan fingerprint density at radius 2 is 1.91 bits per heavy atom. The van der Waals surface area contributed by atoms with Crippen LogP contribution in [0, 0.1) is 0 Å². The van der Waals surface area contributed by atoms with Gasteiger partial charge in [0.2, 0.25) is 0 Å². The van der Waals surface area contributed by atoms with Crippen molar-refractivity contribution in [2.24, 2.45) is 0 Å². The van der Waals surface area contributed by atoms with Crippen molar-refractivity contribution in [3.05, 3.63) is 24.8 Å². The summed E-state index contributed by atoms with van der Waals surface area (Å²) in [5.41, 5.74) is 0.381.